The maximum absolute atomic E-state index is 9.60. The summed E-state index contributed by atoms with van der Waals surface area (Å²) >= 11 is 0. The van der Waals surface area contributed by atoms with Crippen LogP contribution in [0.25, 0.3) is 0 Å². The van der Waals surface area contributed by atoms with E-state index in [1.165, 1.54) is 0 Å². The number of hydrogen-bond acceptors (Lipinski definition) is 5. The zero-order valence-corrected chi connectivity index (χ0v) is 14.0. The van der Waals surface area contributed by atoms with Gasteiger partial charge in [-0.1, -0.05) is 18.2 Å². The molecular weight excluding hydrogens is 300 g/mol. The summed E-state index contributed by atoms with van der Waals surface area (Å²) in [6, 6.07) is 16.2. The highest BCUT2D eigenvalue weighted by molar-refractivity contribution is 5.62. The second kappa shape index (κ2) is 6.17. The van der Waals surface area contributed by atoms with Crippen LogP contribution in [-0.2, 0) is 0 Å². The lowest BCUT2D eigenvalue weighted by molar-refractivity contribution is 0.394. The van der Waals surface area contributed by atoms with Gasteiger partial charge in [0.2, 0.25) is 5.88 Å². The third kappa shape index (κ3) is 2.63. The largest absolute Gasteiger partial charge is 0.440 e. The lowest BCUT2D eigenvalue weighted by Gasteiger charge is -2.28. The Morgan fingerprint density at radius 2 is 2.00 bits per heavy atom. The van der Waals surface area contributed by atoms with Crippen LogP contribution >= 0.6 is 0 Å². The molecule has 0 saturated carbocycles. The van der Waals surface area contributed by atoms with E-state index >= 15 is 0 Å². The lowest BCUT2D eigenvalue weighted by Crippen LogP contribution is -2.21. The van der Waals surface area contributed by atoms with Gasteiger partial charge in [-0.3, -0.25) is 0 Å². The van der Waals surface area contributed by atoms with E-state index in [2.05, 4.69) is 11.4 Å². The van der Waals surface area contributed by atoms with Gasteiger partial charge in [0.05, 0.1) is 5.92 Å². The number of anilines is 2. The van der Waals surface area contributed by atoms with E-state index < -0.39 is 0 Å². The number of nitrogens with two attached hydrogens (primary N) is 1. The first-order valence-electron chi connectivity index (χ1n) is 7.71. The summed E-state index contributed by atoms with van der Waals surface area (Å²) in [4.78, 5) is 2.00. The molecule has 5 heteroatoms. The van der Waals surface area contributed by atoms with Crippen molar-refractivity contribution in [1.29, 1.82) is 5.26 Å². The molecule has 1 aliphatic heterocycles. The average molecular weight is 320 g/mol. The predicted molar refractivity (Wildman–Crippen MR) is 96.1 cm³/mol. The molecule has 2 aromatic carbocycles. The second-order valence-electron chi connectivity index (χ2n) is 5.92. The van der Waals surface area contributed by atoms with Crippen molar-refractivity contribution in [2.45, 2.75) is 5.92 Å². The Morgan fingerprint density at radius 3 is 2.67 bits per heavy atom. The number of hydrogen-bond donors (Lipinski definition) is 2. The highest BCUT2D eigenvalue weighted by atomic mass is 16.5. The number of allylic oxidation sites excluding steroid dienone is 1. The molecule has 1 unspecified atom stereocenters. The van der Waals surface area contributed by atoms with Gasteiger partial charge in [0.15, 0.2) is 0 Å². The van der Waals surface area contributed by atoms with Gasteiger partial charge >= 0.3 is 0 Å². The Morgan fingerprint density at radius 1 is 1.21 bits per heavy atom. The Hall–Kier alpha value is -3.13. The van der Waals surface area contributed by atoms with Crippen molar-refractivity contribution in [2.75, 3.05) is 31.4 Å². The Balaban J connectivity index is 2.18. The average Bonchev–Trinajstić information content (AvgIpc) is 2.59. The molecule has 0 fully saturated rings. The maximum atomic E-state index is 9.60. The molecule has 1 aliphatic rings. The number of nitrogens with zero attached hydrogens (tertiary/aromatic N) is 2. The van der Waals surface area contributed by atoms with Gasteiger partial charge in [0.25, 0.3) is 0 Å². The number of rotatable bonds is 3. The number of fused-ring (bicyclic) bond motifs is 1. The molecular formula is C19H20N4O. The summed E-state index contributed by atoms with van der Waals surface area (Å²) in [6.07, 6.45) is 0. The first-order valence-corrected chi connectivity index (χ1v) is 7.71. The molecule has 1 heterocycles. The molecule has 122 valence electrons. The Labute approximate surface area is 142 Å². The fraction of sp³-hybridized carbons (Fsp3) is 0.211. The molecule has 0 radical (unpaired) electrons. The van der Waals surface area contributed by atoms with Crippen molar-refractivity contribution >= 4 is 11.4 Å². The highest BCUT2D eigenvalue weighted by Crippen LogP contribution is 2.43. The fourth-order valence-corrected chi connectivity index (χ4v) is 2.94. The summed E-state index contributed by atoms with van der Waals surface area (Å²) < 4.78 is 5.73. The van der Waals surface area contributed by atoms with E-state index in [0.29, 0.717) is 11.3 Å². The van der Waals surface area contributed by atoms with Crippen LogP contribution in [0.15, 0.2) is 53.9 Å². The minimum Gasteiger partial charge on any atom is -0.440 e. The molecule has 0 aromatic heterocycles. The fourth-order valence-electron chi connectivity index (χ4n) is 2.94. The van der Waals surface area contributed by atoms with Crippen LogP contribution in [0.2, 0.25) is 0 Å². The summed E-state index contributed by atoms with van der Waals surface area (Å²) in [5, 5.41) is 12.7. The maximum Gasteiger partial charge on any atom is 0.205 e. The van der Waals surface area contributed by atoms with Crippen LogP contribution in [0.5, 0.6) is 5.75 Å². The number of nitrogens with one attached hydrogen (secondary N) is 1. The van der Waals surface area contributed by atoms with Crippen molar-refractivity contribution in [3.8, 4) is 11.8 Å². The van der Waals surface area contributed by atoms with E-state index in [1.807, 2.05) is 68.5 Å². The van der Waals surface area contributed by atoms with Gasteiger partial charge in [-0.15, -0.1) is 0 Å². The number of benzene rings is 2. The van der Waals surface area contributed by atoms with Crippen LogP contribution < -0.4 is 20.7 Å². The van der Waals surface area contributed by atoms with Crippen LogP contribution in [0, 0.1) is 11.3 Å². The lowest BCUT2D eigenvalue weighted by atomic mass is 9.83. The Bertz CT molecular complexity index is 849. The van der Waals surface area contributed by atoms with Crippen molar-refractivity contribution in [3.63, 3.8) is 0 Å². The van der Waals surface area contributed by atoms with Crippen molar-refractivity contribution in [2.24, 2.45) is 5.73 Å². The molecule has 24 heavy (non-hydrogen) atoms. The zero-order chi connectivity index (χ0) is 17.3. The second-order valence-corrected chi connectivity index (χ2v) is 5.92. The molecule has 0 spiro atoms. The molecule has 1 atom stereocenters. The van der Waals surface area contributed by atoms with E-state index in [9.17, 15) is 5.26 Å². The predicted octanol–water partition coefficient (Wildman–Crippen LogP) is 3.01. The van der Waals surface area contributed by atoms with Crippen molar-refractivity contribution in [1.82, 2.24) is 0 Å². The highest BCUT2D eigenvalue weighted by Gasteiger charge is 2.30. The van der Waals surface area contributed by atoms with E-state index in [4.69, 9.17) is 10.5 Å². The standard InChI is InChI=1S/C19H20N4O/c1-22-13-6-4-5-12(9-13)18-15-8-7-14(23(2)3)10-17(15)24-19(21)16(18)11-20/h4-10,18,22H,21H2,1-3H3. The molecule has 5 nitrogen and oxygen atoms in total. The third-order valence-electron chi connectivity index (χ3n) is 4.23. The van der Waals surface area contributed by atoms with Gasteiger partial charge in [0.1, 0.15) is 17.4 Å². The van der Waals surface area contributed by atoms with Gasteiger partial charge in [0, 0.05) is 44.1 Å². The smallest absolute Gasteiger partial charge is 0.205 e. The molecule has 3 rings (SSSR count). The molecule has 0 saturated heterocycles. The monoisotopic (exact) mass is 320 g/mol. The minimum atomic E-state index is -0.233. The number of nitriles is 1. The van der Waals surface area contributed by atoms with Crippen LogP contribution in [0.1, 0.15) is 17.0 Å². The summed E-state index contributed by atoms with van der Waals surface area (Å²) in [6.45, 7) is 0. The summed E-state index contributed by atoms with van der Waals surface area (Å²) in [5.74, 6) is 0.626. The number of ether oxygens (including phenoxy) is 1. The van der Waals surface area contributed by atoms with Crippen LogP contribution in [0.3, 0.4) is 0 Å². The molecule has 3 N–H and O–H groups in total. The normalized spacial score (nSPS) is 16.0. The Kier molecular flexibility index (Phi) is 4.05. The summed E-state index contributed by atoms with van der Waals surface area (Å²) in [5.41, 5.74) is 10.4. The molecule has 0 aliphatic carbocycles. The van der Waals surface area contributed by atoms with Gasteiger partial charge < -0.3 is 20.7 Å². The third-order valence-corrected chi connectivity index (χ3v) is 4.23. The summed E-state index contributed by atoms with van der Waals surface area (Å²) in [7, 11) is 5.81. The van der Waals surface area contributed by atoms with E-state index in [0.717, 1.165) is 22.5 Å². The molecule has 0 bridgehead atoms. The first kappa shape index (κ1) is 15.8. The molecule has 0 amide bonds. The van der Waals surface area contributed by atoms with Crippen LogP contribution in [0.4, 0.5) is 11.4 Å². The van der Waals surface area contributed by atoms with E-state index in [-0.39, 0.29) is 11.8 Å². The quantitative estimate of drug-likeness (QED) is 0.909. The van der Waals surface area contributed by atoms with Crippen molar-refractivity contribution in [3.05, 3.63) is 65.0 Å². The van der Waals surface area contributed by atoms with Crippen LogP contribution in [-0.4, -0.2) is 21.1 Å². The van der Waals surface area contributed by atoms with E-state index in [1.54, 1.807) is 0 Å². The minimum absolute atomic E-state index is 0.167. The zero-order valence-electron chi connectivity index (χ0n) is 14.0. The van der Waals surface area contributed by atoms with Gasteiger partial charge in [-0.2, -0.15) is 5.26 Å². The topological polar surface area (TPSA) is 74.3 Å². The van der Waals surface area contributed by atoms with Gasteiger partial charge in [-0.05, 0) is 23.8 Å². The first-order chi connectivity index (χ1) is 11.5. The van der Waals surface area contributed by atoms with Crippen molar-refractivity contribution < 1.29 is 4.74 Å². The SMILES string of the molecule is CNc1cccc(C2C(C#N)=C(N)Oc3cc(N(C)C)ccc32)c1. The molecule has 2 aromatic rings. The van der Waals surface area contributed by atoms with Gasteiger partial charge in [-0.25, -0.2) is 0 Å².